The van der Waals surface area contributed by atoms with Gasteiger partial charge in [0.05, 0.1) is 12.8 Å². The van der Waals surface area contributed by atoms with E-state index in [1.165, 1.54) is 7.11 Å². The van der Waals surface area contributed by atoms with Crippen LogP contribution in [0.2, 0.25) is 0 Å². The molecule has 0 unspecified atom stereocenters. The van der Waals surface area contributed by atoms with Gasteiger partial charge in [0.2, 0.25) is 0 Å². The van der Waals surface area contributed by atoms with Crippen LogP contribution in [0.25, 0.3) is 0 Å². The molecule has 21 heavy (non-hydrogen) atoms. The van der Waals surface area contributed by atoms with Gasteiger partial charge in [-0.1, -0.05) is 6.07 Å². The lowest BCUT2D eigenvalue weighted by Crippen LogP contribution is -2.15. The van der Waals surface area contributed by atoms with Gasteiger partial charge in [0.15, 0.2) is 0 Å². The number of aromatic hydroxyl groups is 1. The topological polar surface area (TPSA) is 58.6 Å². The molecule has 0 fully saturated rings. The highest BCUT2D eigenvalue weighted by atomic mass is 19.1. The summed E-state index contributed by atoms with van der Waals surface area (Å²) in [6, 6.07) is 6.26. The highest BCUT2D eigenvalue weighted by Gasteiger charge is 2.19. The van der Waals surface area contributed by atoms with E-state index < -0.39 is 28.9 Å². The molecular weight excluding hydrogens is 280 g/mol. The van der Waals surface area contributed by atoms with E-state index in [9.17, 15) is 18.7 Å². The van der Waals surface area contributed by atoms with Gasteiger partial charge in [-0.05, 0) is 24.6 Å². The zero-order chi connectivity index (χ0) is 15.6. The summed E-state index contributed by atoms with van der Waals surface area (Å²) >= 11 is 0. The van der Waals surface area contributed by atoms with E-state index in [4.69, 9.17) is 4.74 Å². The first-order valence-corrected chi connectivity index (χ1v) is 6.06. The van der Waals surface area contributed by atoms with Crippen LogP contribution in [0.1, 0.15) is 15.9 Å². The number of rotatable bonds is 3. The van der Waals surface area contributed by atoms with E-state index in [1.54, 1.807) is 18.2 Å². The molecule has 0 spiro atoms. The summed E-state index contributed by atoms with van der Waals surface area (Å²) < 4.78 is 31.6. The molecule has 2 aromatic rings. The molecule has 2 aromatic carbocycles. The molecule has 0 aliphatic heterocycles. The van der Waals surface area contributed by atoms with E-state index in [0.717, 1.165) is 5.56 Å². The van der Waals surface area contributed by atoms with E-state index >= 15 is 0 Å². The molecule has 0 atom stereocenters. The summed E-state index contributed by atoms with van der Waals surface area (Å²) in [5, 5.41) is 12.0. The summed E-state index contributed by atoms with van der Waals surface area (Å²) in [5.74, 6) is -3.38. The molecule has 0 heterocycles. The lowest BCUT2D eigenvalue weighted by atomic mass is 10.1. The first-order chi connectivity index (χ1) is 9.92. The first-order valence-electron chi connectivity index (χ1n) is 6.06. The average molecular weight is 293 g/mol. The van der Waals surface area contributed by atoms with Crippen molar-refractivity contribution in [2.75, 3.05) is 12.4 Å². The van der Waals surface area contributed by atoms with Gasteiger partial charge in [-0.25, -0.2) is 8.78 Å². The minimum Gasteiger partial charge on any atom is -0.507 e. The molecule has 0 aliphatic carbocycles. The van der Waals surface area contributed by atoms with Crippen molar-refractivity contribution in [2.24, 2.45) is 0 Å². The summed E-state index contributed by atoms with van der Waals surface area (Å²) in [6.07, 6.45) is 0. The minimum absolute atomic E-state index is 0.325. The Hall–Kier alpha value is -2.63. The van der Waals surface area contributed by atoms with Crippen molar-refractivity contribution in [3.63, 3.8) is 0 Å². The van der Waals surface area contributed by atoms with Crippen molar-refractivity contribution in [1.82, 2.24) is 0 Å². The second kappa shape index (κ2) is 5.78. The van der Waals surface area contributed by atoms with Crippen LogP contribution in [0.15, 0.2) is 30.3 Å². The Morgan fingerprint density at radius 3 is 2.57 bits per heavy atom. The maximum Gasteiger partial charge on any atom is 0.262 e. The van der Waals surface area contributed by atoms with Crippen LogP contribution in [-0.2, 0) is 0 Å². The lowest BCUT2D eigenvalue weighted by Gasteiger charge is -2.12. The zero-order valence-electron chi connectivity index (χ0n) is 11.4. The summed E-state index contributed by atoms with van der Waals surface area (Å²) in [5.41, 5.74) is 0.556. The van der Waals surface area contributed by atoms with E-state index in [-0.39, 0.29) is 0 Å². The Balaban J connectivity index is 2.37. The van der Waals surface area contributed by atoms with Crippen LogP contribution in [0.3, 0.4) is 0 Å². The number of ether oxygens (including phenoxy) is 1. The molecule has 0 saturated heterocycles. The van der Waals surface area contributed by atoms with Crippen molar-refractivity contribution in [1.29, 1.82) is 0 Å². The number of phenols is 1. The SMILES string of the molecule is COc1ccc(C)cc1NC(=O)c1c(O)cc(F)cc1F. The Kier molecular flexibility index (Phi) is 4.07. The minimum atomic E-state index is -1.14. The molecule has 4 nitrogen and oxygen atoms in total. The molecule has 2 rings (SSSR count). The van der Waals surface area contributed by atoms with Crippen LogP contribution in [0, 0.1) is 18.6 Å². The normalized spacial score (nSPS) is 10.3. The third kappa shape index (κ3) is 3.10. The largest absolute Gasteiger partial charge is 0.507 e. The summed E-state index contributed by atoms with van der Waals surface area (Å²) in [6.45, 7) is 1.81. The number of halogens is 2. The van der Waals surface area contributed by atoms with Crippen molar-refractivity contribution in [3.05, 3.63) is 53.1 Å². The Morgan fingerprint density at radius 1 is 1.24 bits per heavy atom. The monoisotopic (exact) mass is 293 g/mol. The standard InChI is InChI=1S/C15H13F2NO3/c1-8-3-4-13(21-2)11(5-8)18-15(20)14-10(17)6-9(16)7-12(14)19/h3-7,19H,1-2H3,(H,18,20). The first kappa shape index (κ1) is 14.8. The van der Waals surface area contributed by atoms with Crippen LogP contribution in [0.4, 0.5) is 14.5 Å². The predicted molar refractivity (Wildman–Crippen MR) is 73.7 cm³/mol. The van der Waals surface area contributed by atoms with Gasteiger partial charge in [0.1, 0.15) is 28.7 Å². The number of methoxy groups -OCH3 is 1. The van der Waals surface area contributed by atoms with E-state index in [1.807, 2.05) is 6.92 Å². The van der Waals surface area contributed by atoms with Gasteiger partial charge in [-0.15, -0.1) is 0 Å². The second-order valence-electron chi connectivity index (χ2n) is 4.44. The number of carbonyl (C=O) groups is 1. The van der Waals surface area contributed by atoms with Crippen LogP contribution in [0.5, 0.6) is 11.5 Å². The fraction of sp³-hybridized carbons (Fsp3) is 0.133. The fourth-order valence-electron chi connectivity index (χ4n) is 1.89. The van der Waals surface area contributed by atoms with Gasteiger partial charge in [0.25, 0.3) is 5.91 Å². The maximum atomic E-state index is 13.6. The Bertz CT molecular complexity index is 678. The lowest BCUT2D eigenvalue weighted by molar-refractivity contribution is 0.102. The number of hydrogen-bond acceptors (Lipinski definition) is 3. The van der Waals surface area contributed by atoms with Gasteiger partial charge < -0.3 is 15.2 Å². The van der Waals surface area contributed by atoms with Crippen LogP contribution in [-0.4, -0.2) is 18.1 Å². The van der Waals surface area contributed by atoms with Gasteiger partial charge in [0, 0.05) is 12.1 Å². The third-order valence-corrected chi connectivity index (χ3v) is 2.86. The summed E-state index contributed by atoms with van der Waals surface area (Å²) in [4.78, 5) is 12.1. The van der Waals surface area contributed by atoms with Crippen molar-refractivity contribution in [2.45, 2.75) is 6.92 Å². The van der Waals surface area contributed by atoms with Gasteiger partial charge in [-0.3, -0.25) is 4.79 Å². The second-order valence-corrected chi connectivity index (χ2v) is 4.44. The number of amides is 1. The number of benzene rings is 2. The predicted octanol–water partition coefficient (Wildman–Crippen LogP) is 3.24. The molecular formula is C15H13F2NO3. The Morgan fingerprint density at radius 2 is 1.95 bits per heavy atom. The molecule has 0 saturated carbocycles. The molecule has 110 valence electrons. The molecule has 2 N–H and O–H groups in total. The Labute approximate surface area is 120 Å². The molecule has 0 radical (unpaired) electrons. The molecule has 0 bridgehead atoms. The molecule has 1 amide bonds. The molecule has 6 heteroatoms. The average Bonchev–Trinajstić information content (AvgIpc) is 2.37. The number of nitrogens with one attached hydrogen (secondary N) is 1. The van der Waals surface area contributed by atoms with Crippen molar-refractivity contribution >= 4 is 11.6 Å². The smallest absolute Gasteiger partial charge is 0.262 e. The van der Waals surface area contributed by atoms with Crippen molar-refractivity contribution in [3.8, 4) is 11.5 Å². The number of carbonyl (C=O) groups excluding carboxylic acids is 1. The quantitative estimate of drug-likeness (QED) is 0.913. The van der Waals surface area contributed by atoms with Gasteiger partial charge in [-0.2, -0.15) is 0 Å². The van der Waals surface area contributed by atoms with Gasteiger partial charge >= 0.3 is 0 Å². The summed E-state index contributed by atoms with van der Waals surface area (Å²) in [7, 11) is 1.43. The van der Waals surface area contributed by atoms with Crippen LogP contribution < -0.4 is 10.1 Å². The third-order valence-electron chi connectivity index (χ3n) is 2.86. The molecule has 0 aromatic heterocycles. The fourth-order valence-corrected chi connectivity index (χ4v) is 1.89. The number of phenolic OH excluding ortho intramolecular Hbond substituents is 1. The molecule has 0 aliphatic rings. The van der Waals surface area contributed by atoms with Crippen molar-refractivity contribution < 1.29 is 23.4 Å². The maximum absolute atomic E-state index is 13.6. The van der Waals surface area contributed by atoms with E-state index in [2.05, 4.69) is 5.32 Å². The highest BCUT2D eigenvalue weighted by Crippen LogP contribution is 2.28. The highest BCUT2D eigenvalue weighted by molar-refractivity contribution is 6.07. The zero-order valence-corrected chi connectivity index (χ0v) is 11.4. The number of hydrogen-bond donors (Lipinski definition) is 2. The van der Waals surface area contributed by atoms with E-state index in [0.29, 0.717) is 23.6 Å². The number of anilines is 1. The number of aryl methyl sites for hydroxylation is 1. The van der Waals surface area contributed by atoms with Crippen LogP contribution >= 0.6 is 0 Å².